The van der Waals surface area contributed by atoms with Crippen LogP contribution in [0.1, 0.15) is 11.3 Å². The Labute approximate surface area is 152 Å². The third kappa shape index (κ3) is 3.13. The molecule has 0 spiro atoms. The molecule has 2 fully saturated rings. The van der Waals surface area contributed by atoms with Crippen molar-refractivity contribution in [1.82, 2.24) is 14.9 Å². The van der Waals surface area contributed by atoms with Gasteiger partial charge in [-0.05, 0) is 11.6 Å². The third-order valence-corrected chi connectivity index (χ3v) is 4.89. The van der Waals surface area contributed by atoms with Gasteiger partial charge in [0.05, 0.1) is 18.4 Å². The predicted octanol–water partition coefficient (Wildman–Crippen LogP) is 2.12. The predicted molar refractivity (Wildman–Crippen MR) is 88.2 cm³/mol. The fourth-order valence-corrected chi connectivity index (χ4v) is 3.56. The summed E-state index contributed by atoms with van der Waals surface area (Å²) in [4.78, 5) is 35.4. The first-order chi connectivity index (χ1) is 12.8. The minimum Gasteiger partial charge on any atom is -0.339 e. The molecule has 2 saturated heterocycles. The van der Waals surface area contributed by atoms with Crippen molar-refractivity contribution in [2.75, 3.05) is 18.0 Å². The molecule has 2 aromatic rings. The summed E-state index contributed by atoms with van der Waals surface area (Å²) in [6, 6.07) is 9.95. The van der Waals surface area contributed by atoms with Crippen LogP contribution in [-0.2, 0) is 22.3 Å². The summed E-state index contributed by atoms with van der Waals surface area (Å²) in [5.41, 5.74) is -0.204. The number of rotatable bonds is 3. The number of benzene rings is 1. The number of amides is 2. The van der Waals surface area contributed by atoms with E-state index in [-0.39, 0.29) is 37.4 Å². The normalized spacial score (nSPS) is 22.5. The topological polar surface area (TPSA) is 66.4 Å². The Hall–Kier alpha value is -2.97. The van der Waals surface area contributed by atoms with Crippen molar-refractivity contribution < 1.29 is 22.8 Å². The van der Waals surface area contributed by atoms with E-state index in [1.54, 1.807) is 0 Å². The Balaban J connectivity index is 1.51. The van der Waals surface area contributed by atoms with Gasteiger partial charge in [-0.15, -0.1) is 0 Å². The lowest BCUT2D eigenvalue weighted by Crippen LogP contribution is -2.36. The lowest BCUT2D eigenvalue weighted by atomic mass is 10.00. The number of likely N-dealkylation sites (tertiary alicyclic amines) is 1. The number of carbonyl (C=O) groups excluding carboxylic acids is 2. The van der Waals surface area contributed by atoms with Crippen molar-refractivity contribution in [3.63, 3.8) is 0 Å². The number of imide groups is 1. The molecule has 3 heterocycles. The minimum atomic E-state index is -4.58. The Morgan fingerprint density at radius 1 is 1.00 bits per heavy atom. The molecule has 6 nitrogen and oxygen atoms in total. The molecule has 0 aliphatic carbocycles. The van der Waals surface area contributed by atoms with E-state index in [1.165, 1.54) is 9.80 Å². The number of hydrogen-bond acceptors (Lipinski definition) is 5. The fourth-order valence-electron chi connectivity index (χ4n) is 3.56. The van der Waals surface area contributed by atoms with Crippen LogP contribution < -0.4 is 4.90 Å². The van der Waals surface area contributed by atoms with E-state index in [0.717, 1.165) is 17.8 Å². The molecule has 0 radical (unpaired) electrons. The Kier molecular flexibility index (Phi) is 4.09. The van der Waals surface area contributed by atoms with Crippen LogP contribution in [0.25, 0.3) is 0 Å². The molecule has 2 atom stereocenters. The SMILES string of the molecule is O=C1C2CN(c3nccc(C(F)(F)F)n3)CC2C(=O)N1Cc1ccccc1. The third-order valence-electron chi connectivity index (χ3n) is 4.89. The average Bonchev–Trinajstić information content (AvgIpc) is 3.18. The number of fused-ring (bicyclic) bond motifs is 1. The van der Waals surface area contributed by atoms with Gasteiger partial charge in [-0.3, -0.25) is 14.5 Å². The molecular formula is C18H15F3N4O2. The van der Waals surface area contributed by atoms with Gasteiger partial charge in [0.2, 0.25) is 17.8 Å². The van der Waals surface area contributed by atoms with Gasteiger partial charge in [0.1, 0.15) is 5.69 Å². The first-order valence-corrected chi connectivity index (χ1v) is 8.39. The van der Waals surface area contributed by atoms with E-state index >= 15 is 0 Å². The van der Waals surface area contributed by atoms with Gasteiger partial charge in [0, 0.05) is 19.3 Å². The summed E-state index contributed by atoms with van der Waals surface area (Å²) >= 11 is 0. The standard InChI is InChI=1S/C18H15F3N4O2/c19-18(20,21)14-6-7-22-17(23-14)24-9-12-13(10-24)16(27)25(15(12)26)8-11-4-2-1-3-5-11/h1-7,12-13H,8-10H2. The molecule has 27 heavy (non-hydrogen) atoms. The van der Waals surface area contributed by atoms with Gasteiger partial charge < -0.3 is 4.90 Å². The zero-order chi connectivity index (χ0) is 19.2. The van der Waals surface area contributed by atoms with E-state index < -0.39 is 23.7 Å². The molecule has 0 N–H and O–H groups in total. The molecule has 4 rings (SSSR count). The minimum absolute atomic E-state index is 0.116. The highest BCUT2D eigenvalue weighted by molar-refractivity contribution is 6.06. The lowest BCUT2D eigenvalue weighted by molar-refractivity contribution is -0.142. The van der Waals surface area contributed by atoms with Gasteiger partial charge in [-0.25, -0.2) is 9.97 Å². The highest BCUT2D eigenvalue weighted by Gasteiger charge is 2.52. The van der Waals surface area contributed by atoms with Crippen LogP contribution in [0.4, 0.5) is 19.1 Å². The van der Waals surface area contributed by atoms with Crippen LogP contribution in [0.5, 0.6) is 0 Å². The number of aromatic nitrogens is 2. The maximum absolute atomic E-state index is 12.8. The molecule has 2 amide bonds. The number of anilines is 1. The zero-order valence-electron chi connectivity index (χ0n) is 14.1. The van der Waals surface area contributed by atoms with E-state index in [9.17, 15) is 22.8 Å². The first kappa shape index (κ1) is 17.4. The molecule has 0 bridgehead atoms. The van der Waals surface area contributed by atoms with E-state index in [0.29, 0.717) is 0 Å². The largest absolute Gasteiger partial charge is 0.433 e. The number of hydrogen-bond donors (Lipinski definition) is 0. The van der Waals surface area contributed by atoms with Crippen LogP contribution in [0.2, 0.25) is 0 Å². The Bertz CT molecular complexity index is 864. The van der Waals surface area contributed by atoms with Crippen LogP contribution in [0.3, 0.4) is 0 Å². The molecule has 140 valence electrons. The molecule has 1 aromatic heterocycles. The lowest BCUT2D eigenvalue weighted by Gasteiger charge is -2.21. The Morgan fingerprint density at radius 3 is 2.22 bits per heavy atom. The molecular weight excluding hydrogens is 361 g/mol. The summed E-state index contributed by atoms with van der Waals surface area (Å²) < 4.78 is 38.5. The molecule has 9 heteroatoms. The van der Waals surface area contributed by atoms with Gasteiger partial charge >= 0.3 is 6.18 Å². The zero-order valence-corrected chi connectivity index (χ0v) is 14.1. The summed E-state index contributed by atoms with van der Waals surface area (Å²) in [7, 11) is 0. The van der Waals surface area contributed by atoms with E-state index in [1.807, 2.05) is 30.3 Å². The average molecular weight is 376 g/mol. The molecule has 2 unspecified atom stereocenters. The van der Waals surface area contributed by atoms with Gasteiger partial charge in [0.15, 0.2) is 0 Å². The molecule has 2 aliphatic heterocycles. The van der Waals surface area contributed by atoms with Gasteiger partial charge in [-0.2, -0.15) is 13.2 Å². The van der Waals surface area contributed by atoms with Crippen LogP contribution in [-0.4, -0.2) is 39.8 Å². The van der Waals surface area contributed by atoms with Crippen molar-refractivity contribution in [1.29, 1.82) is 0 Å². The van der Waals surface area contributed by atoms with Gasteiger partial charge in [-0.1, -0.05) is 30.3 Å². The summed E-state index contributed by atoms with van der Waals surface area (Å²) in [5.74, 6) is -1.89. The molecule has 0 saturated carbocycles. The van der Waals surface area contributed by atoms with E-state index in [2.05, 4.69) is 9.97 Å². The maximum atomic E-state index is 12.8. The monoisotopic (exact) mass is 376 g/mol. The first-order valence-electron chi connectivity index (χ1n) is 8.39. The summed E-state index contributed by atoms with van der Waals surface area (Å²) in [5, 5.41) is 0. The van der Waals surface area contributed by atoms with Crippen molar-refractivity contribution >= 4 is 17.8 Å². The second-order valence-electron chi connectivity index (χ2n) is 6.61. The van der Waals surface area contributed by atoms with Crippen molar-refractivity contribution in [3.8, 4) is 0 Å². The smallest absolute Gasteiger partial charge is 0.339 e. The summed E-state index contributed by atoms with van der Waals surface area (Å²) in [6.45, 7) is 0.454. The van der Waals surface area contributed by atoms with Crippen LogP contribution in [0, 0.1) is 11.8 Å². The maximum Gasteiger partial charge on any atom is 0.433 e. The van der Waals surface area contributed by atoms with Crippen LogP contribution in [0.15, 0.2) is 42.6 Å². The number of carbonyl (C=O) groups is 2. The van der Waals surface area contributed by atoms with Crippen LogP contribution >= 0.6 is 0 Å². The second kappa shape index (κ2) is 6.33. The summed E-state index contributed by atoms with van der Waals surface area (Å²) in [6.07, 6.45) is -3.55. The Morgan fingerprint density at radius 2 is 1.63 bits per heavy atom. The van der Waals surface area contributed by atoms with E-state index in [4.69, 9.17) is 0 Å². The highest BCUT2D eigenvalue weighted by Crippen LogP contribution is 2.36. The van der Waals surface area contributed by atoms with Crippen molar-refractivity contribution in [3.05, 3.63) is 53.9 Å². The van der Waals surface area contributed by atoms with Crippen molar-refractivity contribution in [2.24, 2.45) is 11.8 Å². The van der Waals surface area contributed by atoms with Crippen molar-refractivity contribution in [2.45, 2.75) is 12.7 Å². The molecule has 2 aliphatic rings. The molecule has 1 aromatic carbocycles. The fraction of sp³-hybridized carbons (Fsp3) is 0.333. The van der Waals surface area contributed by atoms with Gasteiger partial charge in [0.25, 0.3) is 0 Å². The highest BCUT2D eigenvalue weighted by atomic mass is 19.4. The second-order valence-corrected chi connectivity index (χ2v) is 6.61. The number of halogens is 3. The number of alkyl halides is 3. The number of nitrogens with zero attached hydrogens (tertiary/aromatic N) is 4. The quantitative estimate of drug-likeness (QED) is 0.768.